The largest absolute Gasteiger partial charge is 0.455 e. The number of fused-ring (bicyclic) bond motifs is 2. The van der Waals surface area contributed by atoms with Crippen LogP contribution in [0.4, 0.5) is 21.6 Å². The third kappa shape index (κ3) is 8.75. The number of hydrogen-bond acceptors (Lipinski definition) is 13. The summed E-state index contributed by atoms with van der Waals surface area (Å²) in [6, 6.07) is 13.8. The highest BCUT2D eigenvalue weighted by atomic mass is 32.2. The molecule has 1 amide bonds. The highest BCUT2D eigenvalue weighted by Crippen LogP contribution is 2.54. The molecule has 358 valence electrons. The second-order valence-electron chi connectivity index (χ2n) is 20.0. The third-order valence-corrected chi connectivity index (χ3v) is 16.5. The van der Waals surface area contributed by atoms with E-state index in [1.165, 1.54) is 55.0 Å². The molecule has 6 heterocycles. The van der Waals surface area contributed by atoms with E-state index in [9.17, 15) is 32.8 Å². The number of benzene rings is 2. The van der Waals surface area contributed by atoms with Gasteiger partial charge < -0.3 is 30.0 Å². The van der Waals surface area contributed by atoms with Crippen molar-refractivity contribution in [2.75, 3.05) is 36.4 Å². The molecule has 2 saturated heterocycles. The van der Waals surface area contributed by atoms with Crippen molar-refractivity contribution in [2.24, 2.45) is 11.3 Å². The van der Waals surface area contributed by atoms with Gasteiger partial charge in [-0.25, -0.2) is 32.5 Å². The minimum absolute atomic E-state index is 0.0507. The summed E-state index contributed by atoms with van der Waals surface area (Å²) in [5.74, 6) is -0.513. The van der Waals surface area contributed by atoms with Crippen LogP contribution in [-0.4, -0.2) is 92.0 Å². The summed E-state index contributed by atoms with van der Waals surface area (Å²) in [6.45, 7) is 9.22. The zero-order valence-corrected chi connectivity index (χ0v) is 39.2. The standard InChI is InChI=1S/C49H57FN10O7S/c1-29(2)33-7-4-5-8-34(33)38-9-6-16-59(38)31-22-49(23-31)14-17-58(18-15-49)42-21-40(67-32-19-35-37(50)27-54-46(35)53-25-32)36(26-51-42)47(61)57-68(65,66)41-20-39(60(63)64)43(45-44(41)55-28-56-45)52-24-30-10-12-48(3,62)13-11-30/h4-5,7-8,19-21,25-31,38,52,62H,6,9-18,22-24H2,1-3H3,(H,53,54)(H,55,56)(H,57,61)/t30-,38-,48-/m0/s1. The number of H-pyrrole nitrogens is 2. The molecule has 4 aliphatic rings. The molecule has 0 radical (unpaired) electrons. The minimum Gasteiger partial charge on any atom is -0.455 e. The molecule has 2 saturated carbocycles. The maximum Gasteiger partial charge on any atom is 0.296 e. The number of nitro benzene ring substituents is 1. The maximum atomic E-state index is 14.7. The lowest BCUT2D eigenvalue weighted by Crippen LogP contribution is -2.55. The van der Waals surface area contributed by atoms with Gasteiger partial charge in [-0.2, -0.15) is 0 Å². The van der Waals surface area contributed by atoms with E-state index < -0.39 is 42.9 Å². The monoisotopic (exact) mass is 948 g/mol. The Morgan fingerprint density at radius 1 is 1.03 bits per heavy atom. The molecule has 5 N–H and O–H groups in total. The molecular weight excluding hydrogens is 892 g/mol. The summed E-state index contributed by atoms with van der Waals surface area (Å²) in [4.78, 5) is 49.0. The van der Waals surface area contributed by atoms with Gasteiger partial charge in [0, 0.05) is 56.2 Å². The van der Waals surface area contributed by atoms with E-state index in [0.29, 0.717) is 74.8 Å². The Kier molecular flexibility index (Phi) is 11.9. The number of aromatic nitrogens is 5. The van der Waals surface area contributed by atoms with E-state index in [1.807, 2.05) is 0 Å². The summed E-state index contributed by atoms with van der Waals surface area (Å²) in [5.41, 5.74) is 1.92. The van der Waals surface area contributed by atoms with Gasteiger partial charge in [-0.15, -0.1) is 0 Å². The molecule has 4 aromatic heterocycles. The summed E-state index contributed by atoms with van der Waals surface area (Å²) in [6.07, 6.45) is 14.2. The predicted molar refractivity (Wildman–Crippen MR) is 255 cm³/mol. The summed E-state index contributed by atoms with van der Waals surface area (Å²) in [7, 11) is -4.82. The first-order valence-electron chi connectivity index (χ1n) is 23.6. The molecule has 2 aliphatic heterocycles. The van der Waals surface area contributed by atoms with Crippen LogP contribution in [0.1, 0.15) is 118 Å². The van der Waals surface area contributed by atoms with Crippen LogP contribution in [0.25, 0.3) is 22.1 Å². The molecular formula is C49H57FN10O7S. The Balaban J connectivity index is 0.879. The number of nitro groups is 1. The smallest absolute Gasteiger partial charge is 0.296 e. The number of ether oxygens (including phenoxy) is 1. The third-order valence-electron chi connectivity index (χ3n) is 15.1. The second-order valence-corrected chi connectivity index (χ2v) is 21.6. The van der Waals surface area contributed by atoms with Crippen molar-refractivity contribution in [1.82, 2.24) is 34.5 Å². The number of pyridine rings is 2. The number of piperidine rings is 1. The van der Waals surface area contributed by atoms with Gasteiger partial charge in [-0.1, -0.05) is 38.1 Å². The van der Waals surface area contributed by atoms with E-state index in [2.05, 4.69) is 82.9 Å². The Morgan fingerprint density at radius 2 is 1.79 bits per heavy atom. The number of halogens is 1. The number of nitrogens with one attached hydrogen (secondary N) is 4. The van der Waals surface area contributed by atoms with Crippen LogP contribution in [0.2, 0.25) is 0 Å². The van der Waals surface area contributed by atoms with Gasteiger partial charge in [-0.3, -0.25) is 19.8 Å². The molecule has 2 aromatic carbocycles. The van der Waals surface area contributed by atoms with Gasteiger partial charge in [0.05, 0.1) is 34.0 Å². The highest BCUT2D eigenvalue weighted by Gasteiger charge is 2.50. The first-order chi connectivity index (χ1) is 32.6. The van der Waals surface area contributed by atoms with Crippen LogP contribution in [0.3, 0.4) is 0 Å². The van der Waals surface area contributed by atoms with Crippen molar-refractivity contribution in [3.05, 3.63) is 100 Å². The van der Waals surface area contributed by atoms with Gasteiger partial charge in [0.1, 0.15) is 50.4 Å². The van der Waals surface area contributed by atoms with Crippen LogP contribution in [0.5, 0.6) is 11.5 Å². The fourth-order valence-corrected chi connectivity index (χ4v) is 12.4. The molecule has 1 spiro atoms. The maximum absolute atomic E-state index is 14.7. The summed E-state index contributed by atoms with van der Waals surface area (Å²) in [5, 5.41) is 26.2. The SMILES string of the molecule is CC(C)c1ccccc1[C@@H]1CCCN1C1CC2(CCN(c3cc(Oc4cnc5[nH]cc(F)c5c4)c(C(=O)NS(=O)(=O)c4cc([N+](=O)[O-])c(NC[C@H]5CC[C@](C)(O)CC5)c5[nH]cnc45)cn3)CC2)C1. The molecule has 0 unspecified atom stereocenters. The quantitative estimate of drug-likeness (QED) is 0.0540. The van der Waals surface area contributed by atoms with E-state index >= 15 is 0 Å². The number of likely N-dealkylation sites (tertiary alicyclic amines) is 1. The Labute approximate surface area is 393 Å². The molecule has 6 aromatic rings. The number of carbonyl (C=O) groups is 1. The number of imidazole rings is 1. The van der Waals surface area contributed by atoms with Crippen LogP contribution >= 0.6 is 0 Å². The number of anilines is 2. The molecule has 4 fully saturated rings. The highest BCUT2D eigenvalue weighted by molar-refractivity contribution is 7.90. The van der Waals surface area contributed by atoms with E-state index in [4.69, 9.17) is 4.74 Å². The van der Waals surface area contributed by atoms with Gasteiger partial charge in [0.2, 0.25) is 0 Å². The summed E-state index contributed by atoms with van der Waals surface area (Å²) >= 11 is 0. The van der Waals surface area contributed by atoms with Crippen molar-refractivity contribution in [1.29, 1.82) is 0 Å². The zero-order chi connectivity index (χ0) is 47.5. The second kappa shape index (κ2) is 17.7. The average Bonchev–Trinajstić information content (AvgIpc) is 4.08. The minimum atomic E-state index is -4.82. The van der Waals surface area contributed by atoms with E-state index in [0.717, 1.165) is 38.3 Å². The van der Waals surface area contributed by atoms with Crippen molar-refractivity contribution < 1.29 is 32.4 Å². The number of hydrogen-bond donors (Lipinski definition) is 5. The number of sulfonamides is 1. The van der Waals surface area contributed by atoms with Crippen molar-refractivity contribution in [3.63, 3.8) is 0 Å². The van der Waals surface area contributed by atoms with Crippen molar-refractivity contribution in [3.8, 4) is 11.5 Å². The lowest BCUT2D eigenvalue weighted by atomic mass is 9.60. The number of nitrogens with zero attached hydrogens (tertiary/aromatic N) is 6. The molecule has 2 aliphatic carbocycles. The van der Waals surface area contributed by atoms with Crippen LogP contribution < -0.4 is 19.7 Å². The number of carbonyl (C=O) groups excluding carboxylic acids is 1. The topological polar surface area (TPSA) is 225 Å². The summed E-state index contributed by atoms with van der Waals surface area (Å²) < 4.78 is 51.3. The predicted octanol–water partition coefficient (Wildman–Crippen LogP) is 8.86. The number of aromatic amines is 2. The number of amides is 1. The zero-order valence-electron chi connectivity index (χ0n) is 38.4. The molecule has 17 nitrogen and oxygen atoms in total. The molecule has 1 atom stereocenters. The fourth-order valence-electron chi connectivity index (χ4n) is 11.3. The lowest BCUT2D eigenvalue weighted by Gasteiger charge is -2.56. The number of rotatable bonds is 13. The van der Waals surface area contributed by atoms with E-state index in [1.54, 1.807) is 13.0 Å². The van der Waals surface area contributed by atoms with Gasteiger partial charge in [0.15, 0.2) is 0 Å². The molecule has 68 heavy (non-hydrogen) atoms. The Hall–Kier alpha value is -6.18. The lowest BCUT2D eigenvalue weighted by molar-refractivity contribution is -0.384. The average molecular weight is 949 g/mol. The molecule has 0 bridgehead atoms. The van der Waals surface area contributed by atoms with Crippen molar-refractivity contribution >= 4 is 55.2 Å². The first-order valence-corrected chi connectivity index (χ1v) is 25.1. The van der Waals surface area contributed by atoms with Gasteiger partial charge in [-0.05, 0) is 112 Å². The van der Waals surface area contributed by atoms with Crippen molar-refractivity contribution in [2.45, 2.75) is 113 Å². The Bertz CT molecular complexity index is 3000. The number of aliphatic hydroxyl groups is 1. The van der Waals surface area contributed by atoms with Crippen LogP contribution in [-0.2, 0) is 10.0 Å². The normalized spacial score (nSPS) is 22.2. The fraction of sp³-hybridized carbons (Fsp3) is 0.469. The molecule has 19 heteroatoms. The molecule has 10 rings (SSSR count). The van der Waals surface area contributed by atoms with Gasteiger partial charge >= 0.3 is 0 Å². The first kappa shape index (κ1) is 45.6. The Morgan fingerprint density at radius 3 is 2.54 bits per heavy atom. The van der Waals surface area contributed by atoms with Crippen LogP contribution in [0.15, 0.2) is 72.3 Å². The van der Waals surface area contributed by atoms with Crippen LogP contribution in [0, 0.1) is 27.3 Å². The van der Waals surface area contributed by atoms with E-state index in [-0.39, 0.29) is 50.5 Å². The van der Waals surface area contributed by atoms with Gasteiger partial charge in [0.25, 0.3) is 21.6 Å².